The Morgan fingerprint density at radius 1 is 0.897 bits per heavy atom. The van der Waals surface area contributed by atoms with Crippen LogP contribution in [0.2, 0.25) is 0 Å². The van der Waals surface area contributed by atoms with Gasteiger partial charge in [0.15, 0.2) is 6.61 Å². The SMILES string of the molecule is COc1cccc(OCC(=O)N2CCOCCOc3ccc(-c4cccnc4)cc3Cc3cccc(c3)C2)c1. The van der Waals surface area contributed by atoms with Crippen molar-refractivity contribution in [3.63, 3.8) is 0 Å². The number of hydrogen-bond donors (Lipinski definition) is 0. The van der Waals surface area contributed by atoms with Crippen molar-refractivity contribution in [1.29, 1.82) is 0 Å². The van der Waals surface area contributed by atoms with Gasteiger partial charge < -0.3 is 23.8 Å². The lowest BCUT2D eigenvalue weighted by Gasteiger charge is -2.24. The number of nitrogens with zero attached hydrogens (tertiary/aromatic N) is 2. The largest absolute Gasteiger partial charge is 0.497 e. The Morgan fingerprint density at radius 3 is 2.64 bits per heavy atom. The maximum Gasteiger partial charge on any atom is 0.260 e. The molecule has 39 heavy (non-hydrogen) atoms. The first-order valence-corrected chi connectivity index (χ1v) is 13.0. The Bertz CT molecular complexity index is 1390. The average molecular weight is 525 g/mol. The van der Waals surface area contributed by atoms with Crippen LogP contribution in [0.15, 0.2) is 91.3 Å². The molecular formula is C32H32N2O5. The van der Waals surface area contributed by atoms with Crippen molar-refractivity contribution in [2.75, 3.05) is 40.1 Å². The molecule has 0 unspecified atom stereocenters. The first kappa shape index (κ1) is 26.3. The van der Waals surface area contributed by atoms with Gasteiger partial charge in [0.05, 0.1) is 20.3 Å². The third kappa shape index (κ3) is 7.15. The van der Waals surface area contributed by atoms with Crippen LogP contribution in [0.25, 0.3) is 11.1 Å². The highest BCUT2D eigenvalue weighted by atomic mass is 16.5. The average Bonchev–Trinajstić information content (AvgIpc) is 2.98. The summed E-state index contributed by atoms with van der Waals surface area (Å²) in [6, 6.07) is 25.8. The van der Waals surface area contributed by atoms with Gasteiger partial charge in [0.1, 0.15) is 23.9 Å². The number of rotatable bonds is 5. The molecule has 0 radical (unpaired) electrons. The molecule has 7 nitrogen and oxygen atoms in total. The number of fused-ring (bicyclic) bond motifs is 3. The van der Waals surface area contributed by atoms with Gasteiger partial charge in [-0.25, -0.2) is 0 Å². The lowest BCUT2D eigenvalue weighted by atomic mass is 9.98. The first-order valence-electron chi connectivity index (χ1n) is 13.0. The zero-order chi connectivity index (χ0) is 26.9. The predicted octanol–water partition coefficient (Wildman–Crippen LogP) is 5.16. The molecule has 2 heterocycles. The standard InChI is InChI=1S/C32H32N2O5/c1-36-29-8-3-9-30(20-29)39-23-32(35)34-13-14-37-15-16-38-31-11-10-26(27-7-4-12-33-21-27)19-28(31)18-24-5-2-6-25(17-24)22-34/h2-12,17,19-21H,13-16,18,22-23H2,1H3. The van der Waals surface area contributed by atoms with Gasteiger partial charge in [-0.15, -0.1) is 0 Å². The quantitative estimate of drug-likeness (QED) is 0.359. The molecule has 0 aliphatic carbocycles. The van der Waals surface area contributed by atoms with E-state index in [1.54, 1.807) is 24.3 Å². The minimum Gasteiger partial charge on any atom is -0.497 e. The Kier molecular flexibility index (Phi) is 8.71. The van der Waals surface area contributed by atoms with E-state index in [-0.39, 0.29) is 12.5 Å². The zero-order valence-electron chi connectivity index (χ0n) is 22.0. The minimum absolute atomic E-state index is 0.0690. The van der Waals surface area contributed by atoms with Crippen molar-refractivity contribution in [3.8, 4) is 28.4 Å². The highest BCUT2D eigenvalue weighted by Crippen LogP contribution is 2.29. The first-order chi connectivity index (χ1) is 19.2. The summed E-state index contributed by atoms with van der Waals surface area (Å²) in [6.07, 6.45) is 4.34. The van der Waals surface area contributed by atoms with Gasteiger partial charge in [-0.2, -0.15) is 0 Å². The van der Waals surface area contributed by atoms with E-state index in [9.17, 15) is 4.79 Å². The topological polar surface area (TPSA) is 70.1 Å². The van der Waals surface area contributed by atoms with Crippen molar-refractivity contribution in [2.24, 2.45) is 0 Å². The maximum absolute atomic E-state index is 13.2. The molecule has 5 rings (SSSR count). The van der Waals surface area contributed by atoms with Crippen LogP contribution in [-0.4, -0.2) is 55.9 Å². The van der Waals surface area contributed by atoms with Gasteiger partial charge in [0, 0.05) is 43.5 Å². The summed E-state index contributed by atoms with van der Waals surface area (Å²) in [7, 11) is 1.60. The Balaban J connectivity index is 1.35. The molecular weight excluding hydrogens is 492 g/mol. The van der Waals surface area contributed by atoms with Gasteiger partial charge in [0.2, 0.25) is 0 Å². The summed E-state index contributed by atoms with van der Waals surface area (Å²) in [4.78, 5) is 19.2. The summed E-state index contributed by atoms with van der Waals surface area (Å²) in [5.74, 6) is 2.01. The fourth-order valence-corrected chi connectivity index (χ4v) is 4.56. The third-order valence-electron chi connectivity index (χ3n) is 6.56. The van der Waals surface area contributed by atoms with E-state index in [0.29, 0.717) is 50.8 Å². The Morgan fingerprint density at radius 2 is 1.77 bits per heavy atom. The molecule has 4 aromatic rings. The van der Waals surface area contributed by atoms with E-state index in [4.69, 9.17) is 18.9 Å². The lowest BCUT2D eigenvalue weighted by molar-refractivity contribution is -0.134. The lowest BCUT2D eigenvalue weighted by Crippen LogP contribution is -2.37. The number of pyridine rings is 1. The Hall–Kier alpha value is -4.36. The van der Waals surface area contributed by atoms with Gasteiger partial charge in [-0.3, -0.25) is 9.78 Å². The van der Waals surface area contributed by atoms with Crippen LogP contribution in [0.4, 0.5) is 0 Å². The molecule has 2 bridgehead atoms. The molecule has 1 aromatic heterocycles. The van der Waals surface area contributed by atoms with Crippen molar-refractivity contribution >= 4 is 5.91 Å². The van der Waals surface area contributed by atoms with Crippen LogP contribution in [-0.2, 0) is 22.5 Å². The molecule has 3 aromatic carbocycles. The van der Waals surface area contributed by atoms with E-state index in [1.165, 1.54) is 0 Å². The number of benzene rings is 3. The summed E-state index contributed by atoms with van der Waals surface area (Å²) in [5.41, 5.74) is 5.43. The summed E-state index contributed by atoms with van der Waals surface area (Å²) < 4.78 is 23.0. The number of methoxy groups -OCH3 is 1. The zero-order valence-corrected chi connectivity index (χ0v) is 22.0. The molecule has 0 fully saturated rings. The summed E-state index contributed by atoms with van der Waals surface area (Å²) >= 11 is 0. The number of amides is 1. The van der Waals surface area contributed by atoms with E-state index in [0.717, 1.165) is 33.6 Å². The van der Waals surface area contributed by atoms with Gasteiger partial charge >= 0.3 is 0 Å². The highest BCUT2D eigenvalue weighted by Gasteiger charge is 2.17. The number of carbonyl (C=O) groups excluding carboxylic acids is 1. The fraction of sp³-hybridized carbons (Fsp3) is 0.250. The van der Waals surface area contributed by atoms with Crippen LogP contribution in [0.5, 0.6) is 17.2 Å². The van der Waals surface area contributed by atoms with Crippen LogP contribution in [0.3, 0.4) is 0 Å². The number of ether oxygens (including phenoxy) is 4. The monoisotopic (exact) mass is 524 g/mol. The summed E-state index contributed by atoms with van der Waals surface area (Å²) in [6.45, 7) is 2.11. The second-order valence-electron chi connectivity index (χ2n) is 9.30. The number of hydrogen-bond acceptors (Lipinski definition) is 6. The molecule has 0 atom stereocenters. The molecule has 1 aliphatic rings. The molecule has 0 saturated heterocycles. The molecule has 1 amide bonds. The molecule has 0 N–H and O–H groups in total. The second-order valence-corrected chi connectivity index (χ2v) is 9.30. The van der Waals surface area contributed by atoms with E-state index >= 15 is 0 Å². The molecule has 200 valence electrons. The second kappa shape index (κ2) is 12.9. The van der Waals surface area contributed by atoms with Gasteiger partial charge in [0.25, 0.3) is 5.91 Å². The smallest absolute Gasteiger partial charge is 0.260 e. The van der Waals surface area contributed by atoms with Crippen LogP contribution in [0.1, 0.15) is 16.7 Å². The highest BCUT2D eigenvalue weighted by molar-refractivity contribution is 5.77. The molecule has 1 aliphatic heterocycles. The van der Waals surface area contributed by atoms with Crippen LogP contribution < -0.4 is 14.2 Å². The minimum atomic E-state index is -0.110. The van der Waals surface area contributed by atoms with Gasteiger partial charge in [-0.1, -0.05) is 42.5 Å². The molecule has 0 spiro atoms. The van der Waals surface area contributed by atoms with E-state index in [1.807, 2.05) is 48.7 Å². The third-order valence-corrected chi connectivity index (χ3v) is 6.56. The van der Waals surface area contributed by atoms with E-state index < -0.39 is 0 Å². The summed E-state index contributed by atoms with van der Waals surface area (Å²) in [5, 5.41) is 0. The molecule has 0 saturated carbocycles. The van der Waals surface area contributed by atoms with Gasteiger partial charge in [-0.05, 0) is 52.6 Å². The molecule has 7 heteroatoms. The van der Waals surface area contributed by atoms with E-state index in [2.05, 4.69) is 35.3 Å². The fourth-order valence-electron chi connectivity index (χ4n) is 4.56. The number of aromatic nitrogens is 1. The Labute approximate surface area is 228 Å². The normalized spacial score (nSPS) is 13.9. The van der Waals surface area contributed by atoms with Crippen LogP contribution in [0, 0.1) is 0 Å². The van der Waals surface area contributed by atoms with Crippen molar-refractivity contribution in [2.45, 2.75) is 13.0 Å². The van der Waals surface area contributed by atoms with Crippen molar-refractivity contribution < 1.29 is 23.7 Å². The van der Waals surface area contributed by atoms with Crippen molar-refractivity contribution in [1.82, 2.24) is 9.88 Å². The van der Waals surface area contributed by atoms with Crippen LogP contribution >= 0.6 is 0 Å². The van der Waals surface area contributed by atoms with Crippen molar-refractivity contribution in [3.05, 3.63) is 108 Å². The maximum atomic E-state index is 13.2. The predicted molar refractivity (Wildman–Crippen MR) is 149 cm³/mol. The number of carbonyl (C=O) groups is 1.